The predicted octanol–water partition coefficient (Wildman–Crippen LogP) is 8.16. The van der Waals surface area contributed by atoms with Crippen molar-refractivity contribution in [2.24, 2.45) is 0 Å². The Morgan fingerprint density at radius 2 is 1.47 bits per heavy atom. The first-order valence-corrected chi connectivity index (χ1v) is 15.5. The molecule has 0 aliphatic rings. The Hall–Kier alpha value is -3.37. The van der Waals surface area contributed by atoms with E-state index in [4.69, 9.17) is 12.6 Å². The Kier molecular flexibility index (Phi) is 6.26. The van der Waals surface area contributed by atoms with Gasteiger partial charge in [0, 0.05) is 54.2 Å². The minimum Gasteiger partial charge on any atom is -0.501 e. The van der Waals surface area contributed by atoms with Crippen molar-refractivity contribution in [2.45, 2.75) is 33.3 Å². The van der Waals surface area contributed by atoms with Crippen molar-refractivity contribution in [3.8, 4) is 22.5 Å². The summed E-state index contributed by atoms with van der Waals surface area (Å²) in [4.78, 5) is 8.51. The van der Waals surface area contributed by atoms with Crippen LogP contribution in [0.3, 0.4) is 0 Å². The predicted molar refractivity (Wildman–Crippen MR) is 157 cm³/mol. The van der Waals surface area contributed by atoms with Crippen LogP contribution in [0.15, 0.2) is 95.7 Å². The van der Waals surface area contributed by atoms with Crippen LogP contribution >= 0.6 is 0 Å². The molecule has 0 saturated heterocycles. The number of pyridine rings is 2. The molecule has 6 rings (SSSR count). The first kappa shape index (κ1) is 20.6. The summed E-state index contributed by atoms with van der Waals surface area (Å²) in [6.45, 7) is 2.67. The summed E-state index contributed by atoms with van der Waals surface area (Å²) in [6, 6.07) is 30.6. The molecule has 0 fully saturated rings. The first-order valence-electron chi connectivity index (χ1n) is 15.0. The van der Waals surface area contributed by atoms with Crippen molar-refractivity contribution >= 4 is 35.2 Å². The van der Waals surface area contributed by atoms with Crippen LogP contribution in [0.25, 0.3) is 44.5 Å². The van der Waals surface area contributed by atoms with E-state index in [-0.39, 0.29) is 31.2 Å². The zero-order chi connectivity index (χ0) is 31.0. The molecule has 1 radical (unpaired) electrons. The number of benzene rings is 3. The molecule has 0 aliphatic heterocycles. The molecule has 3 aromatic carbocycles. The Morgan fingerprint density at radius 1 is 0.789 bits per heavy atom. The summed E-state index contributed by atoms with van der Waals surface area (Å²) in [5.74, 6) is 0. The number of rotatable bonds is 3. The van der Waals surface area contributed by atoms with Crippen LogP contribution in [0, 0.1) is 25.8 Å². The van der Waals surface area contributed by atoms with Crippen LogP contribution in [0.4, 0.5) is 0 Å². The molecule has 3 nitrogen and oxygen atoms in total. The van der Waals surface area contributed by atoms with Gasteiger partial charge in [-0.2, -0.15) is 0 Å². The molecule has 6 aromatic rings. The van der Waals surface area contributed by atoms with Gasteiger partial charge in [0.05, 0.1) is 5.58 Å². The maximum Gasteiger partial charge on any atom is 0.120 e. The van der Waals surface area contributed by atoms with Gasteiger partial charge in [0.1, 0.15) is 5.58 Å². The number of aromatic nitrogens is 2. The molecule has 5 heteroatoms. The second-order valence-corrected chi connectivity index (χ2v) is 14.8. The number of fused-ring (bicyclic) bond motifs is 3. The third kappa shape index (κ3) is 5.86. The van der Waals surface area contributed by atoms with Gasteiger partial charge in [0.15, 0.2) is 0 Å². The van der Waals surface area contributed by atoms with Crippen LogP contribution in [-0.4, -0.2) is 18.0 Å². The molecule has 0 aliphatic carbocycles. The van der Waals surface area contributed by atoms with Gasteiger partial charge in [-0.25, -0.2) is 0 Å². The molecule has 0 unspecified atom stereocenters. The third-order valence-corrected chi connectivity index (χ3v) is 8.04. The molecule has 0 atom stereocenters. The molecule has 38 heavy (non-hydrogen) atoms. The van der Waals surface area contributed by atoms with Crippen molar-refractivity contribution in [1.82, 2.24) is 9.97 Å². The van der Waals surface area contributed by atoms with Crippen molar-refractivity contribution in [1.29, 1.82) is 0 Å². The van der Waals surface area contributed by atoms with Crippen LogP contribution in [0.2, 0.25) is 19.6 Å². The van der Waals surface area contributed by atoms with Crippen molar-refractivity contribution in [2.75, 3.05) is 0 Å². The van der Waals surface area contributed by atoms with Crippen LogP contribution < -0.4 is 5.19 Å². The van der Waals surface area contributed by atoms with E-state index in [2.05, 4.69) is 53.9 Å². The van der Waals surface area contributed by atoms with Gasteiger partial charge >= 0.3 is 0 Å². The van der Waals surface area contributed by atoms with Crippen LogP contribution in [-0.2, 0) is 20.1 Å². The number of hydrogen-bond acceptors (Lipinski definition) is 3. The summed E-state index contributed by atoms with van der Waals surface area (Å²) in [6.07, 6.45) is 2.81. The maximum atomic E-state index is 7.52. The second kappa shape index (κ2) is 11.6. The summed E-state index contributed by atoms with van der Waals surface area (Å²) < 4.78 is 50.5. The zero-order valence-corrected chi connectivity index (χ0v) is 24.7. The SMILES string of the molecule is [2H]C([2H])([2H])c1ccc(-c2[c-]cc([Si](C)(C)C)c3c2oc2ccccc23)nc1.[2H]C([2H])([2H])c1ccc(-c2[c-]cccc2)nc1.[Ir]. The van der Waals surface area contributed by atoms with E-state index in [0.29, 0.717) is 5.69 Å². The van der Waals surface area contributed by atoms with Gasteiger partial charge in [-0.15, -0.1) is 53.2 Å². The monoisotopic (exact) mass is 697 g/mol. The molecular formula is C33H30IrN2OSi-2. The number of aryl methyl sites for hydroxylation is 2. The van der Waals surface area contributed by atoms with E-state index in [0.717, 1.165) is 38.8 Å². The average Bonchev–Trinajstić information content (AvgIpc) is 3.36. The Balaban J connectivity index is 0.000000223. The topological polar surface area (TPSA) is 38.9 Å². The second-order valence-electron chi connectivity index (χ2n) is 9.77. The van der Waals surface area contributed by atoms with Gasteiger partial charge in [0.25, 0.3) is 0 Å². The number of para-hydroxylation sites is 1. The normalized spacial score (nSPS) is 14.1. The smallest absolute Gasteiger partial charge is 0.120 e. The minimum atomic E-state index is -2.16. The number of hydrogen-bond donors (Lipinski definition) is 0. The van der Waals surface area contributed by atoms with Gasteiger partial charge in [-0.3, -0.25) is 0 Å². The van der Waals surface area contributed by atoms with Crippen molar-refractivity contribution < 1.29 is 32.7 Å². The number of nitrogens with zero attached hydrogens (tertiary/aromatic N) is 2. The quantitative estimate of drug-likeness (QED) is 0.139. The van der Waals surface area contributed by atoms with Gasteiger partial charge < -0.3 is 14.4 Å². The van der Waals surface area contributed by atoms with E-state index in [9.17, 15) is 0 Å². The molecule has 0 saturated carbocycles. The Morgan fingerprint density at radius 3 is 2.08 bits per heavy atom. The summed E-state index contributed by atoms with van der Waals surface area (Å²) in [5.41, 5.74) is 5.11. The van der Waals surface area contributed by atoms with E-state index in [1.54, 1.807) is 30.3 Å². The molecule has 0 amide bonds. The largest absolute Gasteiger partial charge is 0.501 e. The van der Waals surface area contributed by atoms with Gasteiger partial charge in [-0.05, 0) is 42.3 Å². The molecule has 0 N–H and O–H groups in total. The van der Waals surface area contributed by atoms with Crippen molar-refractivity contribution in [3.63, 3.8) is 0 Å². The minimum absolute atomic E-state index is 0. The average molecular weight is 697 g/mol. The number of furan rings is 1. The van der Waals surface area contributed by atoms with Gasteiger partial charge in [0.2, 0.25) is 0 Å². The molecule has 0 spiro atoms. The Labute approximate surface area is 247 Å². The third-order valence-electron chi connectivity index (χ3n) is 6.03. The van der Waals surface area contributed by atoms with Crippen molar-refractivity contribution in [3.05, 3.63) is 115 Å². The van der Waals surface area contributed by atoms with Gasteiger partial charge in [-0.1, -0.05) is 73.1 Å². The zero-order valence-electron chi connectivity index (χ0n) is 27.3. The summed E-state index contributed by atoms with van der Waals surface area (Å²) in [7, 11) is -1.62. The molecule has 3 heterocycles. The fourth-order valence-corrected chi connectivity index (χ4v) is 5.70. The molecule has 0 bridgehead atoms. The molecule has 193 valence electrons. The van der Waals surface area contributed by atoms with E-state index < -0.39 is 21.8 Å². The fraction of sp³-hybridized carbons (Fsp3) is 0.152. The van der Waals surface area contributed by atoms with Crippen LogP contribution in [0.5, 0.6) is 0 Å². The summed E-state index contributed by atoms with van der Waals surface area (Å²) >= 11 is 0. The molecule has 3 aromatic heterocycles. The Bertz CT molecular complexity index is 1860. The molecular weight excluding hydrogens is 661 g/mol. The fourth-order valence-electron chi connectivity index (χ4n) is 4.20. The maximum absolute atomic E-state index is 7.52. The standard InChI is InChI=1S/C21H20NOSi.C12H10N.Ir/c1-14-9-11-17(22-13-14)15-10-12-19(24(2,3)4)20-16-7-5-6-8-18(16)23-21(15)20;1-10-7-8-12(13-9-10)11-5-3-2-4-6-11;/h5-9,11-13H,1-4H3;2-5,7-9H,1H3;/q2*-1;/i2*1D3;. The van der Waals surface area contributed by atoms with E-state index >= 15 is 0 Å². The van der Waals surface area contributed by atoms with Crippen LogP contribution in [0.1, 0.15) is 19.4 Å². The summed E-state index contributed by atoms with van der Waals surface area (Å²) in [5, 5.41) is 3.52. The van der Waals surface area contributed by atoms with E-state index in [1.807, 2.05) is 36.4 Å². The van der Waals surface area contributed by atoms with E-state index in [1.165, 1.54) is 17.6 Å². The first-order chi connectivity index (χ1) is 20.2.